The second kappa shape index (κ2) is 11.8. The molecule has 28 heavy (non-hydrogen) atoms. The SMILES string of the molecule is CN=C(NCC1(N2CCSCC2)CCCCC1)N1CCC(C(=O)OC)CC1.I. The van der Waals surface area contributed by atoms with E-state index in [1.165, 1.54) is 63.8 Å². The third-order valence-electron chi connectivity index (χ3n) is 6.58. The van der Waals surface area contributed by atoms with Gasteiger partial charge in [-0.15, -0.1) is 24.0 Å². The van der Waals surface area contributed by atoms with Crippen molar-refractivity contribution in [1.29, 1.82) is 0 Å². The molecule has 0 spiro atoms. The summed E-state index contributed by atoms with van der Waals surface area (Å²) in [6, 6.07) is 0. The molecule has 0 bridgehead atoms. The number of thioether (sulfide) groups is 1. The number of nitrogens with zero attached hydrogens (tertiary/aromatic N) is 3. The number of halogens is 1. The molecule has 0 aromatic carbocycles. The van der Waals surface area contributed by atoms with Crippen LogP contribution < -0.4 is 5.32 Å². The minimum absolute atomic E-state index is 0. The van der Waals surface area contributed by atoms with Crippen LogP contribution >= 0.6 is 35.7 Å². The third kappa shape index (κ3) is 5.90. The Bertz CT molecular complexity index is 514. The standard InChI is InChI=1S/C20H36N4O2S.HI/c1-21-19(23-10-6-17(7-11-23)18(25)26-2)22-16-20(8-4-3-5-9-20)24-12-14-27-15-13-24;/h17H,3-16H2,1-2H3,(H,21,22);1H. The lowest BCUT2D eigenvalue weighted by Crippen LogP contribution is -2.60. The van der Waals surface area contributed by atoms with Crippen LogP contribution in [0, 0.1) is 5.92 Å². The van der Waals surface area contributed by atoms with Crippen LogP contribution in [-0.4, -0.2) is 85.7 Å². The van der Waals surface area contributed by atoms with Crippen LogP contribution in [-0.2, 0) is 9.53 Å². The van der Waals surface area contributed by atoms with Crippen molar-refractivity contribution in [3.05, 3.63) is 0 Å². The van der Waals surface area contributed by atoms with Crippen molar-refractivity contribution in [1.82, 2.24) is 15.1 Å². The number of hydrogen-bond acceptors (Lipinski definition) is 5. The quantitative estimate of drug-likeness (QED) is 0.264. The summed E-state index contributed by atoms with van der Waals surface area (Å²) in [5.74, 6) is 3.49. The molecule has 1 N–H and O–H groups in total. The number of rotatable bonds is 4. The smallest absolute Gasteiger partial charge is 0.308 e. The van der Waals surface area contributed by atoms with Crippen LogP contribution in [0.25, 0.3) is 0 Å². The largest absolute Gasteiger partial charge is 0.469 e. The average molecular weight is 525 g/mol. The molecule has 2 saturated heterocycles. The number of hydrogen-bond donors (Lipinski definition) is 1. The summed E-state index contributed by atoms with van der Waals surface area (Å²) in [6.45, 7) is 5.16. The average Bonchev–Trinajstić information content (AvgIpc) is 2.75. The van der Waals surface area contributed by atoms with Crippen molar-refractivity contribution in [2.45, 2.75) is 50.5 Å². The van der Waals surface area contributed by atoms with Crippen LogP contribution in [0.5, 0.6) is 0 Å². The highest BCUT2D eigenvalue weighted by atomic mass is 127. The van der Waals surface area contributed by atoms with E-state index in [1.807, 2.05) is 7.05 Å². The zero-order chi connectivity index (χ0) is 19.1. The van der Waals surface area contributed by atoms with Crippen LogP contribution in [0.2, 0.25) is 0 Å². The molecule has 0 aromatic heterocycles. The lowest BCUT2D eigenvalue weighted by molar-refractivity contribution is -0.146. The van der Waals surface area contributed by atoms with Gasteiger partial charge in [-0.05, 0) is 25.7 Å². The number of ether oxygens (including phenoxy) is 1. The highest BCUT2D eigenvalue weighted by Gasteiger charge is 2.39. The Morgan fingerprint density at radius 2 is 1.79 bits per heavy atom. The predicted molar refractivity (Wildman–Crippen MR) is 128 cm³/mol. The van der Waals surface area contributed by atoms with Gasteiger partial charge in [-0.25, -0.2) is 0 Å². The van der Waals surface area contributed by atoms with Crippen molar-refractivity contribution in [2.24, 2.45) is 10.9 Å². The van der Waals surface area contributed by atoms with Crippen molar-refractivity contribution >= 4 is 47.7 Å². The fourth-order valence-electron chi connectivity index (χ4n) is 4.92. The van der Waals surface area contributed by atoms with Crippen LogP contribution in [0.3, 0.4) is 0 Å². The molecule has 2 aliphatic heterocycles. The molecule has 2 heterocycles. The molecular formula is C20H37IN4O2S. The molecule has 0 atom stereocenters. The Morgan fingerprint density at radius 3 is 2.36 bits per heavy atom. The van der Waals surface area contributed by atoms with E-state index in [-0.39, 0.29) is 35.9 Å². The van der Waals surface area contributed by atoms with E-state index in [9.17, 15) is 4.79 Å². The van der Waals surface area contributed by atoms with Crippen molar-refractivity contribution in [2.75, 3.05) is 58.4 Å². The Labute approximate surface area is 191 Å². The van der Waals surface area contributed by atoms with Gasteiger partial charge in [-0.3, -0.25) is 14.7 Å². The number of likely N-dealkylation sites (tertiary alicyclic amines) is 1. The maximum absolute atomic E-state index is 11.8. The molecular weight excluding hydrogens is 487 g/mol. The molecule has 8 heteroatoms. The van der Waals surface area contributed by atoms with Gasteiger partial charge in [0.15, 0.2) is 5.96 Å². The van der Waals surface area contributed by atoms with Gasteiger partial charge < -0.3 is 15.0 Å². The third-order valence-corrected chi connectivity index (χ3v) is 7.53. The highest BCUT2D eigenvalue weighted by molar-refractivity contribution is 14.0. The molecule has 3 fully saturated rings. The van der Waals surface area contributed by atoms with Gasteiger partial charge in [-0.2, -0.15) is 11.8 Å². The normalized spacial score (nSPS) is 24.4. The minimum atomic E-state index is -0.0678. The molecule has 3 rings (SSSR count). The van der Waals surface area contributed by atoms with Crippen molar-refractivity contribution in [3.63, 3.8) is 0 Å². The Kier molecular flexibility index (Phi) is 10.2. The van der Waals surface area contributed by atoms with Crippen LogP contribution in [0.4, 0.5) is 0 Å². The van der Waals surface area contributed by atoms with E-state index in [2.05, 4.69) is 31.9 Å². The topological polar surface area (TPSA) is 57.2 Å². The van der Waals surface area contributed by atoms with E-state index in [0.717, 1.165) is 38.4 Å². The number of nitrogens with one attached hydrogen (secondary N) is 1. The van der Waals surface area contributed by atoms with Gasteiger partial charge in [0.25, 0.3) is 0 Å². The number of aliphatic imine (C=N–C) groups is 1. The summed E-state index contributed by atoms with van der Waals surface area (Å²) < 4.78 is 4.91. The van der Waals surface area contributed by atoms with Gasteiger partial charge in [0.05, 0.1) is 13.0 Å². The van der Waals surface area contributed by atoms with Crippen molar-refractivity contribution in [3.8, 4) is 0 Å². The monoisotopic (exact) mass is 524 g/mol. The molecule has 1 aliphatic carbocycles. The van der Waals surface area contributed by atoms with E-state index < -0.39 is 0 Å². The van der Waals surface area contributed by atoms with Crippen molar-refractivity contribution < 1.29 is 9.53 Å². The van der Waals surface area contributed by atoms with Gasteiger partial charge in [0.1, 0.15) is 0 Å². The number of esters is 1. The number of methoxy groups -OCH3 is 1. The number of carbonyl (C=O) groups is 1. The van der Waals surface area contributed by atoms with Crippen LogP contribution in [0.15, 0.2) is 4.99 Å². The lowest BCUT2D eigenvalue weighted by atomic mass is 9.80. The number of carbonyl (C=O) groups excluding carboxylic acids is 1. The molecule has 3 aliphatic rings. The maximum atomic E-state index is 11.8. The van der Waals surface area contributed by atoms with Gasteiger partial charge >= 0.3 is 5.97 Å². The summed E-state index contributed by atoms with van der Waals surface area (Å²) in [4.78, 5) is 21.4. The fourth-order valence-corrected chi connectivity index (χ4v) is 5.83. The molecule has 0 amide bonds. The van der Waals surface area contributed by atoms with E-state index in [0.29, 0.717) is 5.54 Å². The molecule has 6 nitrogen and oxygen atoms in total. The van der Waals surface area contributed by atoms with Gasteiger partial charge in [-0.1, -0.05) is 19.3 Å². The Morgan fingerprint density at radius 1 is 1.14 bits per heavy atom. The Balaban J connectivity index is 0.00000280. The zero-order valence-corrected chi connectivity index (χ0v) is 20.6. The maximum Gasteiger partial charge on any atom is 0.308 e. The number of guanidine groups is 1. The molecule has 0 radical (unpaired) electrons. The summed E-state index contributed by atoms with van der Waals surface area (Å²) in [6.07, 6.45) is 8.35. The highest BCUT2D eigenvalue weighted by Crippen LogP contribution is 2.35. The van der Waals surface area contributed by atoms with Gasteiger partial charge in [0, 0.05) is 56.8 Å². The van der Waals surface area contributed by atoms with E-state index in [4.69, 9.17) is 4.74 Å². The first-order chi connectivity index (χ1) is 13.2. The number of piperidine rings is 1. The summed E-state index contributed by atoms with van der Waals surface area (Å²) in [7, 11) is 3.36. The summed E-state index contributed by atoms with van der Waals surface area (Å²) >= 11 is 2.09. The zero-order valence-electron chi connectivity index (χ0n) is 17.5. The second-order valence-electron chi connectivity index (χ2n) is 8.07. The lowest BCUT2D eigenvalue weighted by Gasteiger charge is -2.48. The first kappa shape index (κ1) is 24.1. The van der Waals surface area contributed by atoms with Crippen LogP contribution in [0.1, 0.15) is 44.9 Å². The van der Waals surface area contributed by atoms with Gasteiger partial charge in [0.2, 0.25) is 0 Å². The van der Waals surface area contributed by atoms with E-state index >= 15 is 0 Å². The Hall–Kier alpha value is -0.220. The molecule has 0 unspecified atom stereocenters. The summed E-state index contributed by atoms with van der Waals surface area (Å²) in [5, 5.41) is 3.72. The fraction of sp³-hybridized carbons (Fsp3) is 0.900. The summed E-state index contributed by atoms with van der Waals surface area (Å²) in [5.41, 5.74) is 0.291. The predicted octanol–water partition coefficient (Wildman–Crippen LogP) is 2.82. The molecule has 162 valence electrons. The molecule has 1 saturated carbocycles. The minimum Gasteiger partial charge on any atom is -0.469 e. The first-order valence-electron chi connectivity index (χ1n) is 10.5. The second-order valence-corrected chi connectivity index (χ2v) is 9.29. The molecule has 0 aromatic rings. The first-order valence-corrected chi connectivity index (χ1v) is 11.7. The van der Waals surface area contributed by atoms with E-state index in [1.54, 1.807) is 0 Å².